The van der Waals surface area contributed by atoms with Crippen LogP contribution in [0.25, 0.3) is 11.2 Å². The van der Waals surface area contributed by atoms with E-state index in [0.717, 1.165) is 37.7 Å². The van der Waals surface area contributed by atoms with Crippen LogP contribution in [0.15, 0.2) is 53.8 Å². The van der Waals surface area contributed by atoms with E-state index in [1.807, 2.05) is 19.1 Å². The molecule has 0 saturated carbocycles. The Balaban J connectivity index is 1.30. The van der Waals surface area contributed by atoms with Gasteiger partial charge in [0.25, 0.3) is 5.56 Å². The van der Waals surface area contributed by atoms with Gasteiger partial charge in [-0.2, -0.15) is 0 Å². The lowest BCUT2D eigenvalue weighted by Crippen LogP contribution is -2.36. The fraction of sp³-hybridized carbons (Fsp3) is 0.414. The summed E-state index contributed by atoms with van der Waals surface area (Å²) in [4.78, 5) is 33.9. The molecule has 1 atom stereocenters. The van der Waals surface area contributed by atoms with Crippen molar-refractivity contribution in [1.82, 2.24) is 24.5 Å². The zero-order chi connectivity index (χ0) is 26.8. The SMILES string of the molecule is Cc1cccc(F)c1N1CCC(c2cc3nccnc3n(Cc3nccnc3OC3CCCCO3)c2=O)CC1. The fourth-order valence-electron chi connectivity index (χ4n) is 5.63. The molecule has 6 rings (SSSR count). The van der Waals surface area contributed by atoms with Gasteiger partial charge in [0.1, 0.15) is 17.0 Å². The van der Waals surface area contributed by atoms with Crippen molar-refractivity contribution in [3.63, 3.8) is 0 Å². The van der Waals surface area contributed by atoms with Gasteiger partial charge >= 0.3 is 0 Å². The van der Waals surface area contributed by atoms with Crippen molar-refractivity contribution >= 4 is 16.9 Å². The Morgan fingerprint density at radius 1 is 1.03 bits per heavy atom. The second kappa shape index (κ2) is 11.1. The molecule has 4 aromatic rings. The van der Waals surface area contributed by atoms with Gasteiger partial charge in [-0.15, -0.1) is 0 Å². The van der Waals surface area contributed by atoms with Gasteiger partial charge < -0.3 is 14.4 Å². The fourth-order valence-corrected chi connectivity index (χ4v) is 5.63. The van der Waals surface area contributed by atoms with Crippen LogP contribution in [0.1, 0.15) is 54.8 Å². The summed E-state index contributed by atoms with van der Waals surface area (Å²) in [5.41, 5.74) is 3.77. The van der Waals surface area contributed by atoms with E-state index in [1.165, 1.54) is 6.07 Å². The van der Waals surface area contributed by atoms with E-state index in [0.29, 0.717) is 53.7 Å². The third kappa shape index (κ3) is 5.21. The third-order valence-corrected chi connectivity index (χ3v) is 7.61. The van der Waals surface area contributed by atoms with Gasteiger partial charge in [-0.25, -0.2) is 14.4 Å². The standard InChI is InChI=1S/C29H31FN6O3/c1-19-5-4-6-22(30)26(19)35-14-8-20(9-15-35)21-17-23-27(33-12-10-31-23)36(29(21)37)18-24-28(34-13-11-32-24)39-25-7-2-3-16-38-25/h4-6,10-13,17,20,25H,2-3,7-9,14-16,18H2,1H3. The van der Waals surface area contributed by atoms with Crippen molar-refractivity contribution in [2.24, 2.45) is 0 Å². The lowest BCUT2D eigenvalue weighted by atomic mass is 9.89. The summed E-state index contributed by atoms with van der Waals surface area (Å²) in [5.74, 6) is 0.163. The summed E-state index contributed by atoms with van der Waals surface area (Å²) >= 11 is 0. The van der Waals surface area contributed by atoms with Crippen LogP contribution in [0.3, 0.4) is 0 Å². The van der Waals surface area contributed by atoms with E-state index in [1.54, 1.807) is 35.4 Å². The Morgan fingerprint density at radius 3 is 2.62 bits per heavy atom. The number of piperidine rings is 1. The summed E-state index contributed by atoms with van der Waals surface area (Å²) in [7, 11) is 0. The number of pyridine rings is 1. The van der Waals surface area contributed by atoms with E-state index in [-0.39, 0.29) is 30.1 Å². The molecule has 39 heavy (non-hydrogen) atoms. The van der Waals surface area contributed by atoms with Gasteiger partial charge in [-0.1, -0.05) is 12.1 Å². The molecule has 0 aliphatic carbocycles. The number of halogens is 1. The molecule has 5 heterocycles. The molecule has 3 aromatic heterocycles. The molecule has 1 unspecified atom stereocenters. The first-order valence-corrected chi connectivity index (χ1v) is 13.5. The lowest BCUT2D eigenvalue weighted by molar-refractivity contribution is -0.108. The molecule has 2 aliphatic heterocycles. The molecule has 0 spiro atoms. The van der Waals surface area contributed by atoms with Crippen LogP contribution < -0.4 is 15.2 Å². The number of para-hydroxylation sites is 1. The molecule has 2 saturated heterocycles. The van der Waals surface area contributed by atoms with Crippen LogP contribution in [-0.2, 0) is 11.3 Å². The van der Waals surface area contributed by atoms with E-state index in [2.05, 4.69) is 24.8 Å². The van der Waals surface area contributed by atoms with Crippen LogP contribution in [0.4, 0.5) is 10.1 Å². The minimum atomic E-state index is -0.378. The number of rotatable bonds is 6. The van der Waals surface area contributed by atoms with Gasteiger partial charge in [-0.05, 0) is 56.2 Å². The largest absolute Gasteiger partial charge is 0.446 e. The first-order chi connectivity index (χ1) is 19.1. The molecule has 0 bridgehead atoms. The number of aryl methyl sites for hydroxylation is 1. The quantitative estimate of drug-likeness (QED) is 0.363. The van der Waals surface area contributed by atoms with Crippen LogP contribution in [0.2, 0.25) is 0 Å². The Hall–Kier alpha value is -3.92. The summed E-state index contributed by atoms with van der Waals surface area (Å²) in [6, 6.07) is 7.02. The van der Waals surface area contributed by atoms with Crippen molar-refractivity contribution in [2.45, 2.75) is 57.8 Å². The number of ether oxygens (including phenoxy) is 2. The van der Waals surface area contributed by atoms with E-state index in [4.69, 9.17) is 9.47 Å². The smallest absolute Gasteiger partial charge is 0.256 e. The zero-order valence-corrected chi connectivity index (χ0v) is 21.9. The highest BCUT2D eigenvalue weighted by molar-refractivity contribution is 5.71. The highest BCUT2D eigenvalue weighted by atomic mass is 19.1. The monoisotopic (exact) mass is 530 g/mol. The second-order valence-electron chi connectivity index (χ2n) is 10.1. The molecule has 0 radical (unpaired) electrons. The molecule has 202 valence electrons. The number of nitrogens with zero attached hydrogens (tertiary/aromatic N) is 6. The van der Waals surface area contributed by atoms with Gasteiger partial charge in [0.15, 0.2) is 5.65 Å². The summed E-state index contributed by atoms with van der Waals surface area (Å²) in [5, 5.41) is 0. The molecular formula is C29H31FN6O3. The predicted octanol–water partition coefficient (Wildman–Crippen LogP) is 4.37. The zero-order valence-electron chi connectivity index (χ0n) is 21.9. The number of benzene rings is 1. The first-order valence-electron chi connectivity index (χ1n) is 13.5. The normalized spacial score (nSPS) is 18.4. The average Bonchev–Trinajstić information content (AvgIpc) is 2.96. The van der Waals surface area contributed by atoms with Crippen LogP contribution in [-0.4, -0.2) is 50.5 Å². The minimum absolute atomic E-state index is 0.0201. The van der Waals surface area contributed by atoms with Gasteiger partial charge in [0, 0.05) is 49.9 Å². The second-order valence-corrected chi connectivity index (χ2v) is 10.1. The summed E-state index contributed by atoms with van der Waals surface area (Å²) in [6.07, 6.45) is 10.3. The predicted molar refractivity (Wildman–Crippen MR) is 144 cm³/mol. The topological polar surface area (TPSA) is 95.3 Å². The number of hydrogen-bond donors (Lipinski definition) is 0. The van der Waals surface area contributed by atoms with E-state index >= 15 is 0 Å². The van der Waals surface area contributed by atoms with E-state index in [9.17, 15) is 9.18 Å². The molecule has 10 heteroatoms. The molecule has 2 aliphatic rings. The molecule has 0 amide bonds. The van der Waals surface area contributed by atoms with Crippen molar-refractivity contribution in [1.29, 1.82) is 0 Å². The van der Waals surface area contributed by atoms with Crippen molar-refractivity contribution < 1.29 is 13.9 Å². The summed E-state index contributed by atoms with van der Waals surface area (Å²) in [6.45, 7) is 4.04. The molecular weight excluding hydrogens is 499 g/mol. The van der Waals surface area contributed by atoms with Crippen molar-refractivity contribution in [3.05, 3.63) is 82.0 Å². The van der Waals surface area contributed by atoms with Crippen LogP contribution in [0, 0.1) is 12.7 Å². The first kappa shape index (κ1) is 25.4. The summed E-state index contributed by atoms with van der Waals surface area (Å²) < 4.78 is 28.0. The number of aromatic nitrogens is 5. The van der Waals surface area contributed by atoms with Gasteiger partial charge in [0.2, 0.25) is 12.2 Å². The number of fused-ring (bicyclic) bond motifs is 1. The molecule has 9 nitrogen and oxygen atoms in total. The molecule has 2 fully saturated rings. The average molecular weight is 531 g/mol. The number of hydrogen-bond acceptors (Lipinski definition) is 8. The van der Waals surface area contributed by atoms with Gasteiger partial charge in [0.05, 0.1) is 18.8 Å². The highest BCUT2D eigenvalue weighted by Crippen LogP contribution is 2.33. The molecule has 0 N–H and O–H groups in total. The highest BCUT2D eigenvalue weighted by Gasteiger charge is 2.27. The Kier molecular flexibility index (Phi) is 7.19. The van der Waals surface area contributed by atoms with Gasteiger partial charge in [-0.3, -0.25) is 19.3 Å². The Bertz CT molecular complexity index is 1510. The minimum Gasteiger partial charge on any atom is -0.446 e. The maximum Gasteiger partial charge on any atom is 0.256 e. The van der Waals surface area contributed by atoms with E-state index < -0.39 is 0 Å². The Labute approximate surface area is 225 Å². The van der Waals surface area contributed by atoms with Crippen molar-refractivity contribution in [2.75, 3.05) is 24.6 Å². The maximum absolute atomic E-state index is 14.6. The molecule has 1 aromatic carbocycles. The lowest BCUT2D eigenvalue weighted by Gasteiger charge is -2.34. The van der Waals surface area contributed by atoms with Crippen LogP contribution in [0.5, 0.6) is 5.88 Å². The third-order valence-electron chi connectivity index (χ3n) is 7.61. The Morgan fingerprint density at radius 2 is 1.82 bits per heavy atom. The van der Waals surface area contributed by atoms with Crippen molar-refractivity contribution in [3.8, 4) is 5.88 Å². The number of anilines is 1. The van der Waals surface area contributed by atoms with Crippen LogP contribution >= 0.6 is 0 Å². The maximum atomic E-state index is 14.6.